The molecule has 1 aliphatic rings. The van der Waals surface area contributed by atoms with E-state index in [2.05, 4.69) is 12.1 Å². The van der Waals surface area contributed by atoms with E-state index in [1.165, 1.54) is 24.8 Å². The van der Waals surface area contributed by atoms with Crippen molar-refractivity contribution in [1.82, 2.24) is 0 Å². The average molecular weight is 264 g/mol. The Bertz CT molecular complexity index is 551. The van der Waals surface area contributed by atoms with Crippen LogP contribution in [0, 0.1) is 5.92 Å². The van der Waals surface area contributed by atoms with Gasteiger partial charge in [0.15, 0.2) is 0 Å². The van der Waals surface area contributed by atoms with Gasteiger partial charge in [0.1, 0.15) is 5.75 Å². The van der Waals surface area contributed by atoms with Gasteiger partial charge in [0.05, 0.1) is 0 Å². The van der Waals surface area contributed by atoms with Crippen LogP contribution in [0.5, 0.6) is 5.75 Å². The maximum Gasteiger partial charge on any atom is 0.116 e. The number of aromatic hydroxyl groups is 1. The van der Waals surface area contributed by atoms with Crippen LogP contribution in [0.3, 0.4) is 0 Å². The molecular weight excluding hydrogens is 246 g/mol. The molecule has 96 valence electrons. The minimum atomic E-state index is 0. The summed E-state index contributed by atoms with van der Waals surface area (Å²) in [4.78, 5) is 0. The maximum atomic E-state index is 9.42. The van der Waals surface area contributed by atoms with Crippen LogP contribution in [0.2, 0.25) is 0 Å². The predicted molar refractivity (Wildman–Crippen MR) is 77.1 cm³/mol. The minimum absolute atomic E-state index is 0. The molecule has 1 aliphatic carbocycles. The molecular formula is C15H18ClNO. The van der Waals surface area contributed by atoms with Gasteiger partial charge >= 0.3 is 0 Å². The molecule has 18 heavy (non-hydrogen) atoms. The molecule has 0 amide bonds. The molecule has 0 unspecified atom stereocenters. The van der Waals surface area contributed by atoms with Crippen LogP contribution >= 0.6 is 12.4 Å². The average Bonchev–Trinajstić information content (AvgIpc) is 2.26. The number of nitrogens with two attached hydrogens (primary N) is 1. The number of rotatable bonds is 2. The van der Waals surface area contributed by atoms with Crippen molar-refractivity contribution in [2.45, 2.75) is 25.3 Å². The predicted octanol–water partition coefficient (Wildman–Crippen LogP) is 3.77. The second kappa shape index (κ2) is 5.17. The molecule has 0 spiro atoms. The molecule has 0 radical (unpaired) electrons. The lowest BCUT2D eigenvalue weighted by molar-refractivity contribution is 0.264. The molecule has 3 N–H and O–H groups in total. The van der Waals surface area contributed by atoms with Gasteiger partial charge in [0, 0.05) is 6.04 Å². The first-order valence-electron chi connectivity index (χ1n) is 6.22. The number of fused-ring (bicyclic) bond motifs is 1. The number of hydrogen-bond acceptors (Lipinski definition) is 2. The quantitative estimate of drug-likeness (QED) is 0.866. The van der Waals surface area contributed by atoms with Crippen molar-refractivity contribution in [1.29, 1.82) is 0 Å². The molecule has 2 aromatic carbocycles. The fourth-order valence-electron chi connectivity index (χ4n) is 2.53. The summed E-state index contributed by atoms with van der Waals surface area (Å²) in [6.07, 6.45) is 3.84. The standard InChI is InChI=1S/C15H17NO.ClH/c16-15(10-2-1-3-10)13-5-4-12-9-14(17)7-6-11(12)8-13;/h4-10,15,17H,1-3,16H2;1H/t15-;/m0./s1. The van der Waals surface area contributed by atoms with E-state index < -0.39 is 0 Å². The molecule has 0 aromatic heterocycles. The molecule has 0 heterocycles. The highest BCUT2D eigenvalue weighted by atomic mass is 35.5. The van der Waals surface area contributed by atoms with Gasteiger partial charge in [-0.25, -0.2) is 0 Å². The summed E-state index contributed by atoms with van der Waals surface area (Å²) in [6, 6.07) is 11.9. The summed E-state index contributed by atoms with van der Waals surface area (Å²) >= 11 is 0. The van der Waals surface area contributed by atoms with Gasteiger partial charge in [-0.2, -0.15) is 0 Å². The van der Waals surface area contributed by atoms with E-state index >= 15 is 0 Å². The van der Waals surface area contributed by atoms with E-state index in [1.807, 2.05) is 12.1 Å². The van der Waals surface area contributed by atoms with Crippen molar-refractivity contribution in [3.63, 3.8) is 0 Å². The fraction of sp³-hybridized carbons (Fsp3) is 0.333. The third-order valence-electron chi connectivity index (χ3n) is 3.89. The zero-order chi connectivity index (χ0) is 11.8. The highest BCUT2D eigenvalue weighted by molar-refractivity contribution is 5.85. The van der Waals surface area contributed by atoms with E-state index in [0.717, 1.165) is 10.8 Å². The molecule has 3 heteroatoms. The van der Waals surface area contributed by atoms with Crippen molar-refractivity contribution < 1.29 is 5.11 Å². The van der Waals surface area contributed by atoms with Gasteiger partial charge < -0.3 is 10.8 Å². The Hall–Kier alpha value is -1.25. The summed E-state index contributed by atoms with van der Waals surface area (Å²) in [7, 11) is 0. The Labute approximate surface area is 113 Å². The third kappa shape index (κ3) is 2.31. The van der Waals surface area contributed by atoms with Gasteiger partial charge in [-0.15, -0.1) is 12.4 Å². The summed E-state index contributed by atoms with van der Waals surface area (Å²) in [6.45, 7) is 0. The third-order valence-corrected chi connectivity index (χ3v) is 3.89. The summed E-state index contributed by atoms with van der Waals surface area (Å²) in [5.74, 6) is 0.970. The summed E-state index contributed by atoms with van der Waals surface area (Å²) in [5, 5.41) is 11.6. The molecule has 2 nitrogen and oxygen atoms in total. The number of halogens is 1. The Balaban J connectivity index is 0.00000120. The minimum Gasteiger partial charge on any atom is -0.508 e. The topological polar surface area (TPSA) is 46.2 Å². The smallest absolute Gasteiger partial charge is 0.116 e. The highest BCUT2D eigenvalue weighted by Crippen LogP contribution is 2.37. The highest BCUT2D eigenvalue weighted by Gasteiger charge is 2.25. The van der Waals surface area contributed by atoms with Gasteiger partial charge in [-0.05, 0) is 53.3 Å². The number of benzene rings is 2. The fourth-order valence-corrected chi connectivity index (χ4v) is 2.53. The van der Waals surface area contributed by atoms with E-state index in [9.17, 15) is 5.11 Å². The second-order valence-electron chi connectivity index (χ2n) is 5.01. The SMILES string of the molecule is Cl.N[C@H](c1ccc2cc(O)ccc2c1)C1CCC1. The number of phenolic OH excluding ortho intramolecular Hbond substituents is 1. The molecule has 1 saturated carbocycles. The van der Waals surface area contributed by atoms with Crippen LogP contribution in [0.15, 0.2) is 36.4 Å². The van der Waals surface area contributed by atoms with Crippen LogP contribution in [0.25, 0.3) is 10.8 Å². The van der Waals surface area contributed by atoms with Crippen LogP contribution < -0.4 is 5.73 Å². The normalized spacial score (nSPS) is 16.9. The lowest BCUT2D eigenvalue weighted by Crippen LogP contribution is -2.26. The maximum absolute atomic E-state index is 9.42. The Kier molecular flexibility index (Phi) is 3.79. The molecule has 0 aliphatic heterocycles. The second-order valence-corrected chi connectivity index (χ2v) is 5.01. The monoisotopic (exact) mass is 263 g/mol. The van der Waals surface area contributed by atoms with E-state index in [1.54, 1.807) is 12.1 Å². The molecule has 2 aromatic rings. The van der Waals surface area contributed by atoms with Gasteiger partial charge in [-0.3, -0.25) is 0 Å². The molecule has 3 rings (SSSR count). The first-order valence-corrected chi connectivity index (χ1v) is 6.22. The van der Waals surface area contributed by atoms with Crippen LogP contribution in [-0.2, 0) is 0 Å². The van der Waals surface area contributed by atoms with Crippen molar-refractivity contribution in [2.24, 2.45) is 11.7 Å². The van der Waals surface area contributed by atoms with Gasteiger partial charge in [0.2, 0.25) is 0 Å². The Morgan fingerprint density at radius 3 is 2.39 bits per heavy atom. The molecule has 0 bridgehead atoms. The van der Waals surface area contributed by atoms with E-state index in [-0.39, 0.29) is 18.4 Å². The van der Waals surface area contributed by atoms with Crippen LogP contribution in [0.4, 0.5) is 0 Å². The summed E-state index contributed by atoms with van der Waals surface area (Å²) in [5.41, 5.74) is 7.49. The van der Waals surface area contributed by atoms with Crippen LogP contribution in [-0.4, -0.2) is 5.11 Å². The van der Waals surface area contributed by atoms with E-state index in [4.69, 9.17) is 5.73 Å². The lowest BCUT2D eigenvalue weighted by Gasteiger charge is -2.31. The van der Waals surface area contributed by atoms with Gasteiger partial charge in [-0.1, -0.05) is 24.6 Å². The molecule has 1 fully saturated rings. The largest absolute Gasteiger partial charge is 0.508 e. The van der Waals surface area contributed by atoms with Crippen LogP contribution in [0.1, 0.15) is 30.9 Å². The van der Waals surface area contributed by atoms with Crippen molar-refractivity contribution >= 4 is 23.2 Å². The first kappa shape index (κ1) is 13.2. The van der Waals surface area contributed by atoms with Crippen molar-refractivity contribution in [3.8, 4) is 5.75 Å². The zero-order valence-corrected chi connectivity index (χ0v) is 11.0. The summed E-state index contributed by atoms with van der Waals surface area (Å²) < 4.78 is 0. The van der Waals surface area contributed by atoms with Crippen molar-refractivity contribution in [3.05, 3.63) is 42.0 Å². The molecule has 1 atom stereocenters. The van der Waals surface area contributed by atoms with E-state index in [0.29, 0.717) is 11.7 Å². The van der Waals surface area contributed by atoms with Crippen molar-refractivity contribution in [2.75, 3.05) is 0 Å². The first-order chi connectivity index (χ1) is 8.24. The lowest BCUT2D eigenvalue weighted by atomic mass is 9.77. The Morgan fingerprint density at radius 1 is 1.06 bits per heavy atom. The van der Waals surface area contributed by atoms with Gasteiger partial charge in [0.25, 0.3) is 0 Å². The Morgan fingerprint density at radius 2 is 1.72 bits per heavy atom. The zero-order valence-electron chi connectivity index (χ0n) is 10.2. The number of phenols is 1. The molecule has 0 saturated heterocycles. The number of hydrogen-bond donors (Lipinski definition) is 2.